The van der Waals surface area contributed by atoms with Crippen LogP contribution in [0.2, 0.25) is 0 Å². The maximum absolute atomic E-state index is 14.0. The predicted molar refractivity (Wildman–Crippen MR) is 233 cm³/mol. The van der Waals surface area contributed by atoms with Crippen LogP contribution < -0.4 is 0 Å². The first kappa shape index (κ1) is 51.5. The van der Waals surface area contributed by atoms with E-state index in [1.54, 1.807) is 62.9 Å². The van der Waals surface area contributed by atoms with E-state index in [0.717, 1.165) is 11.1 Å². The Balaban J connectivity index is 1.47. The number of ketones is 1. The number of nitrogens with zero attached hydrogens (tertiary/aromatic N) is 5. The number of cyclic esters (lactones) is 1. The number of hydrogen-bond donors (Lipinski definition) is 4. The van der Waals surface area contributed by atoms with Gasteiger partial charge in [-0.2, -0.15) is 0 Å². The normalized spacial score (nSPS) is 37.4. The van der Waals surface area contributed by atoms with Gasteiger partial charge in [-0.05, 0) is 78.3 Å². The molecule has 18 nitrogen and oxygen atoms in total. The summed E-state index contributed by atoms with van der Waals surface area (Å²) in [5.74, 6) is -3.06. The summed E-state index contributed by atoms with van der Waals surface area (Å²) in [6.45, 7) is 11.1. The minimum Gasteiger partial charge on any atom is -0.462 e. The molecular weight excluding hydrogens is 831 g/mol. The average Bonchev–Trinajstić information content (AvgIpc) is 3.75. The number of aliphatic hydroxyl groups is 4. The van der Waals surface area contributed by atoms with E-state index in [-0.39, 0.29) is 12.4 Å². The zero-order valence-corrected chi connectivity index (χ0v) is 38.9. The molecule has 64 heavy (non-hydrogen) atoms. The van der Waals surface area contributed by atoms with Gasteiger partial charge in [0.05, 0.1) is 55.8 Å². The quantitative estimate of drug-likeness (QED) is 0.212. The number of aliphatic hydroxyl groups excluding tert-OH is 4. The van der Waals surface area contributed by atoms with Crippen LogP contribution in [0, 0.1) is 23.7 Å². The Morgan fingerprint density at radius 1 is 0.922 bits per heavy atom. The van der Waals surface area contributed by atoms with Gasteiger partial charge in [0.1, 0.15) is 36.2 Å². The summed E-state index contributed by atoms with van der Waals surface area (Å²) >= 11 is 0. The maximum atomic E-state index is 14.0. The van der Waals surface area contributed by atoms with Crippen molar-refractivity contribution in [3.63, 3.8) is 0 Å². The highest BCUT2D eigenvalue weighted by molar-refractivity contribution is 5.91. The Kier molecular flexibility index (Phi) is 19.1. The van der Waals surface area contributed by atoms with E-state index >= 15 is 0 Å². The van der Waals surface area contributed by atoms with Crippen LogP contribution in [0.1, 0.15) is 67.2 Å². The molecule has 0 spiro atoms. The lowest BCUT2D eigenvalue weighted by Gasteiger charge is -2.46. The van der Waals surface area contributed by atoms with Crippen molar-refractivity contribution in [2.24, 2.45) is 23.7 Å². The molecule has 2 saturated heterocycles. The number of aromatic nitrogens is 4. The van der Waals surface area contributed by atoms with Gasteiger partial charge in [0.15, 0.2) is 18.4 Å². The molecule has 2 fully saturated rings. The summed E-state index contributed by atoms with van der Waals surface area (Å²) in [6, 6.07) is 2.97. The topological polar surface area (TPSA) is 227 Å². The molecule has 3 aliphatic rings. The lowest BCUT2D eigenvalue weighted by molar-refractivity contribution is -0.304. The van der Waals surface area contributed by atoms with Gasteiger partial charge in [-0.3, -0.25) is 19.3 Å². The monoisotopic (exact) mass is 902 g/mol. The van der Waals surface area contributed by atoms with E-state index in [4.69, 9.17) is 33.2 Å². The number of rotatable bonds is 13. The average molecular weight is 902 g/mol. The van der Waals surface area contributed by atoms with Crippen LogP contribution in [0.5, 0.6) is 0 Å². The van der Waals surface area contributed by atoms with Gasteiger partial charge in [-0.15, -0.1) is 5.10 Å². The van der Waals surface area contributed by atoms with E-state index in [0.29, 0.717) is 31.5 Å². The first-order valence-corrected chi connectivity index (χ1v) is 22.4. The van der Waals surface area contributed by atoms with Crippen molar-refractivity contribution in [1.82, 2.24) is 24.9 Å². The molecule has 5 heterocycles. The molecule has 4 unspecified atom stereocenters. The van der Waals surface area contributed by atoms with E-state index < -0.39 is 116 Å². The maximum Gasteiger partial charge on any atom is 0.308 e. The molecule has 0 bridgehead atoms. The second-order valence-corrected chi connectivity index (χ2v) is 17.9. The zero-order chi connectivity index (χ0) is 46.8. The molecule has 0 aliphatic carbocycles. The van der Waals surface area contributed by atoms with Crippen molar-refractivity contribution in [2.45, 2.75) is 153 Å². The summed E-state index contributed by atoms with van der Waals surface area (Å²) in [5, 5.41) is 54.0. The van der Waals surface area contributed by atoms with E-state index in [2.05, 4.69) is 15.3 Å². The fraction of sp³-hybridized carbons (Fsp3) is 0.717. The number of carbonyl (C=O) groups excluding carboxylic acids is 2. The van der Waals surface area contributed by atoms with Crippen LogP contribution in [0.4, 0.5) is 0 Å². The number of allylic oxidation sites excluding steroid dienone is 3. The molecule has 2 aromatic heterocycles. The molecule has 5 rings (SSSR count). The van der Waals surface area contributed by atoms with Crippen molar-refractivity contribution < 1.29 is 63.2 Å². The molecule has 0 radical (unpaired) electrons. The number of pyridine rings is 1. The highest BCUT2D eigenvalue weighted by Gasteiger charge is 2.48. The van der Waals surface area contributed by atoms with Crippen molar-refractivity contribution in [1.29, 1.82) is 0 Å². The molecule has 17 atom stereocenters. The van der Waals surface area contributed by atoms with E-state index in [1.165, 1.54) is 20.3 Å². The summed E-state index contributed by atoms with van der Waals surface area (Å²) in [4.78, 5) is 33.8. The molecule has 2 aromatic rings. The standard InChI is InChI=1S/C46H71N5O13/c1-11-36-32(24-60-46-44(59-10)43(58-9)40(56)29(6)62-46)19-25(2)14-15-34(52)26(3)20-30(16-18-51-23-33(48-49-51)31-13-12-17-47-22-31)42(27(4)35(53)21-37(54)63-36)64-45-41(57)38(50(7)8)39(55)28(5)61-45/h12-15,17,19,22-23,26-30,32,35-36,38-46,53,55-57H,11,16,18,20-21,24H2,1-10H3/t26-,27+,28-,29?,30+,32-,35-,36-,38?,39-,40-,41?,42-,43+,44?,45+,46-/m1/s1. The third kappa shape index (κ3) is 12.9. The largest absolute Gasteiger partial charge is 0.462 e. The minimum absolute atomic E-state index is 0.0158. The summed E-state index contributed by atoms with van der Waals surface area (Å²) in [7, 11) is 6.45. The number of hydrogen-bond acceptors (Lipinski definition) is 17. The number of methoxy groups -OCH3 is 2. The predicted octanol–water partition coefficient (Wildman–Crippen LogP) is 2.72. The Bertz CT molecular complexity index is 1830. The molecular formula is C46H71N5O13. The molecule has 0 saturated carbocycles. The summed E-state index contributed by atoms with van der Waals surface area (Å²) in [6.07, 6.45) is -0.0765. The Labute approximate surface area is 376 Å². The second-order valence-electron chi connectivity index (χ2n) is 17.9. The molecule has 358 valence electrons. The van der Waals surface area contributed by atoms with E-state index in [9.17, 15) is 30.0 Å². The highest BCUT2D eigenvalue weighted by atomic mass is 16.7. The van der Waals surface area contributed by atoms with Crippen molar-refractivity contribution in [2.75, 3.05) is 34.9 Å². The number of likely N-dealkylation sites (N-methyl/N-ethyl adjacent to an activating group) is 1. The molecule has 4 N–H and O–H groups in total. The van der Waals surface area contributed by atoms with Crippen molar-refractivity contribution in [3.8, 4) is 11.3 Å². The Morgan fingerprint density at radius 2 is 1.62 bits per heavy atom. The molecule has 3 aliphatic heterocycles. The van der Waals surface area contributed by atoms with Crippen LogP contribution >= 0.6 is 0 Å². The van der Waals surface area contributed by atoms with Gasteiger partial charge >= 0.3 is 5.97 Å². The Morgan fingerprint density at radius 3 is 2.28 bits per heavy atom. The third-order valence-corrected chi connectivity index (χ3v) is 12.9. The third-order valence-electron chi connectivity index (χ3n) is 12.9. The molecule has 0 aromatic carbocycles. The van der Waals surface area contributed by atoms with Crippen LogP contribution in [-0.4, -0.2) is 172 Å². The highest BCUT2D eigenvalue weighted by Crippen LogP contribution is 2.35. The van der Waals surface area contributed by atoms with Gasteiger partial charge < -0.3 is 58.5 Å². The fourth-order valence-corrected chi connectivity index (χ4v) is 9.04. The Hall–Kier alpha value is -3.53. The van der Waals surface area contributed by atoms with Crippen LogP contribution in [0.15, 0.2) is 54.5 Å². The van der Waals surface area contributed by atoms with Gasteiger partial charge in [0.2, 0.25) is 0 Å². The SMILES string of the molecule is CC[C@H]1OC(=O)C[C@@H](O)[C@H](C)[C@@H](O[C@@H]2O[C@H](C)[C@@H](O)C(N(C)C)C2O)[C@@H](CCn2cc(-c3cccnc3)nn2)C[C@@H](C)C(=O)C=CC(C)=C[C@@H]1CO[C@@H]1OC(C)[C@@H](O)[C@H](OC)C1OC. The van der Waals surface area contributed by atoms with Gasteiger partial charge in [-0.25, -0.2) is 0 Å². The number of carbonyl (C=O) groups is 2. The summed E-state index contributed by atoms with van der Waals surface area (Å²) in [5.41, 5.74) is 2.15. The molecule has 18 heteroatoms. The van der Waals surface area contributed by atoms with Crippen LogP contribution in [0.25, 0.3) is 11.3 Å². The van der Waals surface area contributed by atoms with Crippen molar-refractivity contribution >= 4 is 11.8 Å². The zero-order valence-electron chi connectivity index (χ0n) is 38.9. The van der Waals surface area contributed by atoms with Gasteiger partial charge in [-0.1, -0.05) is 43.7 Å². The molecule has 0 amide bonds. The first-order valence-electron chi connectivity index (χ1n) is 22.4. The van der Waals surface area contributed by atoms with Gasteiger partial charge in [0, 0.05) is 56.5 Å². The lowest BCUT2D eigenvalue weighted by Crippen LogP contribution is -2.63. The minimum atomic E-state index is -1.29. The fourth-order valence-electron chi connectivity index (χ4n) is 9.04. The van der Waals surface area contributed by atoms with Crippen LogP contribution in [0.3, 0.4) is 0 Å². The number of esters is 1. The van der Waals surface area contributed by atoms with Gasteiger partial charge in [0.25, 0.3) is 0 Å². The smallest absolute Gasteiger partial charge is 0.308 e. The van der Waals surface area contributed by atoms with E-state index in [1.807, 2.05) is 45.2 Å². The van der Waals surface area contributed by atoms with Crippen molar-refractivity contribution in [3.05, 3.63) is 54.5 Å². The summed E-state index contributed by atoms with van der Waals surface area (Å²) < 4.78 is 44.2. The lowest BCUT2D eigenvalue weighted by atomic mass is 9.79. The second kappa shape index (κ2) is 23.8. The number of aryl methyl sites for hydroxylation is 1. The number of ether oxygens (including phenoxy) is 7. The van der Waals surface area contributed by atoms with Crippen LogP contribution in [-0.2, 0) is 49.3 Å². The first-order chi connectivity index (χ1) is 30.5.